The lowest BCUT2D eigenvalue weighted by molar-refractivity contribution is 0.414. The molecule has 0 radical (unpaired) electrons. The summed E-state index contributed by atoms with van der Waals surface area (Å²) in [4.78, 5) is 0. The fourth-order valence-electron chi connectivity index (χ4n) is 4.31. The van der Waals surface area contributed by atoms with Crippen molar-refractivity contribution < 1.29 is 4.74 Å². The highest BCUT2D eigenvalue weighted by Crippen LogP contribution is 2.37. The zero-order chi connectivity index (χ0) is 21.6. The van der Waals surface area contributed by atoms with Crippen LogP contribution in [0.5, 0.6) is 5.75 Å². The van der Waals surface area contributed by atoms with E-state index >= 15 is 0 Å². The summed E-state index contributed by atoms with van der Waals surface area (Å²) in [6.07, 6.45) is 6.75. The Hall–Kier alpha value is -3.26. The Labute approximate surface area is 186 Å². The first-order valence-corrected chi connectivity index (χ1v) is 11.2. The average molecular weight is 410 g/mol. The van der Waals surface area contributed by atoms with Gasteiger partial charge in [-0.3, -0.25) is 0 Å². The summed E-state index contributed by atoms with van der Waals surface area (Å²) in [5, 5.41) is 0. The smallest absolute Gasteiger partial charge is 0.119 e. The van der Waals surface area contributed by atoms with Gasteiger partial charge in [0, 0.05) is 18.8 Å². The molecule has 0 spiro atoms. The Kier molecular flexibility index (Phi) is 6.57. The van der Waals surface area contributed by atoms with Gasteiger partial charge in [-0.2, -0.15) is 0 Å². The molecule has 4 rings (SSSR count). The normalized spacial score (nSPS) is 10.9. The first-order valence-electron chi connectivity index (χ1n) is 11.2. The van der Waals surface area contributed by atoms with E-state index in [2.05, 4.69) is 97.5 Å². The van der Waals surface area contributed by atoms with Crippen LogP contribution in [0.15, 0.2) is 85.1 Å². The van der Waals surface area contributed by atoms with Crippen LogP contribution in [0.25, 0.3) is 22.4 Å². The number of hydrogen-bond donors (Lipinski definition) is 0. The number of methoxy groups -OCH3 is 1. The van der Waals surface area contributed by atoms with Crippen molar-refractivity contribution in [1.29, 1.82) is 0 Å². The van der Waals surface area contributed by atoms with Crippen LogP contribution in [0.4, 0.5) is 0 Å². The SMILES string of the molecule is CCCCc1ccc(-c2c(Cc3cccc(OC)c3)cn(C)c2-c2ccccc2)cc1. The van der Waals surface area contributed by atoms with Gasteiger partial charge in [-0.15, -0.1) is 0 Å². The molecule has 0 saturated heterocycles. The highest BCUT2D eigenvalue weighted by molar-refractivity contribution is 5.84. The van der Waals surface area contributed by atoms with Crippen LogP contribution in [0.2, 0.25) is 0 Å². The highest BCUT2D eigenvalue weighted by Gasteiger charge is 2.18. The van der Waals surface area contributed by atoms with E-state index in [9.17, 15) is 0 Å². The van der Waals surface area contributed by atoms with E-state index in [-0.39, 0.29) is 0 Å². The molecule has 3 aromatic carbocycles. The topological polar surface area (TPSA) is 14.2 Å². The number of ether oxygens (including phenoxy) is 1. The summed E-state index contributed by atoms with van der Waals surface area (Å²) in [7, 11) is 3.87. The Bertz CT molecular complexity index is 1120. The van der Waals surface area contributed by atoms with Crippen molar-refractivity contribution in [3.05, 3.63) is 102 Å². The van der Waals surface area contributed by atoms with Crippen molar-refractivity contribution in [2.24, 2.45) is 7.05 Å². The van der Waals surface area contributed by atoms with Crippen molar-refractivity contribution in [2.75, 3.05) is 7.11 Å². The molecule has 0 saturated carbocycles. The van der Waals surface area contributed by atoms with Crippen LogP contribution in [0, 0.1) is 0 Å². The molecule has 0 fully saturated rings. The minimum Gasteiger partial charge on any atom is -0.497 e. The monoisotopic (exact) mass is 409 g/mol. The van der Waals surface area contributed by atoms with Crippen molar-refractivity contribution in [2.45, 2.75) is 32.6 Å². The maximum Gasteiger partial charge on any atom is 0.119 e. The predicted molar refractivity (Wildman–Crippen MR) is 131 cm³/mol. The fraction of sp³-hybridized carbons (Fsp3) is 0.241. The number of nitrogens with zero attached hydrogens (tertiary/aromatic N) is 1. The van der Waals surface area contributed by atoms with Gasteiger partial charge < -0.3 is 9.30 Å². The molecule has 0 unspecified atom stereocenters. The fourth-order valence-corrected chi connectivity index (χ4v) is 4.31. The van der Waals surface area contributed by atoms with Crippen LogP contribution in [0.3, 0.4) is 0 Å². The number of unbranched alkanes of at least 4 members (excludes halogenated alkanes) is 1. The van der Waals surface area contributed by atoms with Crippen LogP contribution < -0.4 is 4.74 Å². The zero-order valence-corrected chi connectivity index (χ0v) is 18.8. The van der Waals surface area contributed by atoms with E-state index in [0.717, 1.165) is 18.6 Å². The third kappa shape index (κ3) is 4.74. The van der Waals surface area contributed by atoms with Gasteiger partial charge >= 0.3 is 0 Å². The number of rotatable bonds is 8. The van der Waals surface area contributed by atoms with Gasteiger partial charge in [-0.1, -0.05) is 80.1 Å². The van der Waals surface area contributed by atoms with Gasteiger partial charge in [-0.25, -0.2) is 0 Å². The first-order chi connectivity index (χ1) is 15.2. The molecule has 0 amide bonds. The maximum absolute atomic E-state index is 5.45. The minimum atomic E-state index is 0.866. The average Bonchev–Trinajstić information content (AvgIpc) is 3.14. The van der Waals surface area contributed by atoms with Gasteiger partial charge in [0.05, 0.1) is 12.8 Å². The predicted octanol–water partition coefficient (Wildman–Crippen LogP) is 7.30. The van der Waals surface area contributed by atoms with Gasteiger partial charge in [0.15, 0.2) is 0 Å². The summed E-state index contributed by atoms with van der Waals surface area (Å²) < 4.78 is 7.71. The Morgan fingerprint density at radius 3 is 2.29 bits per heavy atom. The highest BCUT2D eigenvalue weighted by atomic mass is 16.5. The van der Waals surface area contributed by atoms with Crippen molar-refractivity contribution in [3.8, 4) is 28.1 Å². The molecule has 1 aromatic heterocycles. The molecule has 0 N–H and O–H groups in total. The lowest BCUT2D eigenvalue weighted by Crippen LogP contribution is -1.93. The number of hydrogen-bond acceptors (Lipinski definition) is 1. The van der Waals surface area contributed by atoms with Crippen molar-refractivity contribution >= 4 is 0 Å². The van der Waals surface area contributed by atoms with Crippen LogP contribution >= 0.6 is 0 Å². The summed E-state index contributed by atoms with van der Waals surface area (Å²) in [5.74, 6) is 0.901. The molecule has 0 aliphatic heterocycles. The third-order valence-electron chi connectivity index (χ3n) is 5.90. The largest absolute Gasteiger partial charge is 0.497 e. The third-order valence-corrected chi connectivity index (χ3v) is 5.90. The second-order valence-corrected chi connectivity index (χ2v) is 8.18. The molecule has 1 heterocycles. The summed E-state index contributed by atoms with van der Waals surface area (Å²) in [5.41, 5.74) is 9.10. The molecular weight excluding hydrogens is 378 g/mol. The van der Waals surface area contributed by atoms with E-state index in [4.69, 9.17) is 4.74 Å². The molecule has 0 atom stereocenters. The summed E-state index contributed by atoms with van der Waals surface area (Å²) >= 11 is 0. The van der Waals surface area contributed by atoms with Crippen LogP contribution in [0.1, 0.15) is 36.5 Å². The van der Waals surface area contributed by atoms with E-state index < -0.39 is 0 Å². The van der Waals surface area contributed by atoms with Crippen molar-refractivity contribution in [1.82, 2.24) is 4.57 Å². The molecule has 2 heteroatoms. The van der Waals surface area contributed by atoms with Crippen LogP contribution in [-0.4, -0.2) is 11.7 Å². The molecule has 0 aliphatic rings. The van der Waals surface area contributed by atoms with E-state index in [1.165, 1.54) is 51.9 Å². The molecule has 2 nitrogen and oxygen atoms in total. The van der Waals surface area contributed by atoms with Gasteiger partial charge in [0.1, 0.15) is 5.75 Å². The number of aromatic nitrogens is 1. The molecule has 0 aliphatic carbocycles. The van der Waals surface area contributed by atoms with E-state index in [1.807, 2.05) is 6.07 Å². The zero-order valence-electron chi connectivity index (χ0n) is 18.8. The quantitative estimate of drug-likeness (QED) is 0.298. The summed E-state index contributed by atoms with van der Waals surface area (Å²) in [6, 6.07) is 28.2. The van der Waals surface area contributed by atoms with Gasteiger partial charge in [0.25, 0.3) is 0 Å². The number of benzene rings is 3. The standard InChI is InChI=1S/C29H31NO/c1-4-5-10-22-15-17-24(18-16-22)28-26(19-23-11-9-14-27(20-23)31-3)21-30(2)29(28)25-12-7-6-8-13-25/h6-9,11-18,20-21H,4-5,10,19H2,1-3H3. The second kappa shape index (κ2) is 9.70. The van der Waals surface area contributed by atoms with E-state index in [1.54, 1.807) is 7.11 Å². The Morgan fingerprint density at radius 2 is 1.58 bits per heavy atom. The van der Waals surface area contributed by atoms with E-state index in [0.29, 0.717) is 0 Å². The lowest BCUT2D eigenvalue weighted by atomic mass is 9.93. The maximum atomic E-state index is 5.45. The van der Waals surface area contributed by atoms with Crippen molar-refractivity contribution in [3.63, 3.8) is 0 Å². The Morgan fingerprint density at radius 1 is 0.806 bits per heavy atom. The molecular formula is C29H31NO. The Balaban J connectivity index is 1.80. The van der Waals surface area contributed by atoms with Gasteiger partial charge in [-0.05, 0) is 59.2 Å². The molecule has 4 aromatic rings. The van der Waals surface area contributed by atoms with Crippen LogP contribution in [-0.2, 0) is 19.9 Å². The first kappa shape index (κ1) is 21.0. The molecule has 0 bridgehead atoms. The molecule has 31 heavy (non-hydrogen) atoms. The van der Waals surface area contributed by atoms with Gasteiger partial charge in [0.2, 0.25) is 0 Å². The minimum absolute atomic E-state index is 0.866. The summed E-state index contributed by atoms with van der Waals surface area (Å²) in [6.45, 7) is 2.25. The lowest BCUT2D eigenvalue weighted by Gasteiger charge is -2.12. The molecule has 158 valence electrons. The number of aryl methyl sites for hydroxylation is 2. The second-order valence-electron chi connectivity index (χ2n) is 8.18.